The van der Waals surface area contributed by atoms with E-state index in [1.165, 1.54) is 12.8 Å². The summed E-state index contributed by atoms with van der Waals surface area (Å²) in [5.74, 6) is 3.94. The molecule has 0 aromatic rings. The zero-order valence-corrected chi connectivity index (χ0v) is 14.0. The maximum Gasteiger partial charge on any atom is 0.148 e. The number of methoxy groups -OCH3 is 1. The lowest BCUT2D eigenvalue weighted by Crippen LogP contribution is -2.35. The number of hydrogen-bond acceptors (Lipinski definition) is 3. The Morgan fingerprint density at radius 1 is 1.26 bits per heavy atom. The Morgan fingerprint density at radius 2 is 2.00 bits per heavy atom. The Bertz CT molecular complexity index is 327. The predicted octanol–water partition coefficient (Wildman–Crippen LogP) is 3.06. The normalized spacial score (nSPS) is 27.1. The Hall–Kier alpha value is -0.343. The van der Waals surface area contributed by atoms with E-state index in [0.717, 1.165) is 6.42 Å². The Balaban J connectivity index is 2.59. The summed E-state index contributed by atoms with van der Waals surface area (Å²) in [6.07, 6.45) is 3.41. The van der Waals surface area contributed by atoms with Gasteiger partial charge in [-0.1, -0.05) is 32.5 Å². The number of ether oxygens (including phenoxy) is 3. The van der Waals surface area contributed by atoms with Gasteiger partial charge in [0.2, 0.25) is 0 Å². The van der Waals surface area contributed by atoms with Crippen LogP contribution in [-0.4, -0.2) is 40.8 Å². The molecule has 0 spiro atoms. The van der Waals surface area contributed by atoms with E-state index in [2.05, 4.69) is 38.0 Å². The molecule has 0 radical (unpaired) electrons. The van der Waals surface area contributed by atoms with Crippen LogP contribution in [-0.2, 0) is 14.2 Å². The van der Waals surface area contributed by atoms with Crippen molar-refractivity contribution in [1.29, 1.82) is 0 Å². The Labute approximate surface area is 119 Å². The molecule has 19 heavy (non-hydrogen) atoms. The summed E-state index contributed by atoms with van der Waals surface area (Å²) in [6, 6.07) is 0. The molecular formula is C15H28O3Si. The van der Waals surface area contributed by atoms with Crippen LogP contribution in [0.3, 0.4) is 0 Å². The van der Waals surface area contributed by atoms with E-state index in [1.807, 2.05) is 0 Å². The van der Waals surface area contributed by atoms with E-state index in [0.29, 0.717) is 25.9 Å². The van der Waals surface area contributed by atoms with Crippen molar-refractivity contribution in [1.82, 2.24) is 0 Å². The molecule has 0 amide bonds. The average Bonchev–Trinajstić information content (AvgIpc) is 2.68. The molecular weight excluding hydrogens is 256 g/mol. The van der Waals surface area contributed by atoms with Crippen LogP contribution in [0.25, 0.3) is 0 Å². The molecule has 2 atom stereocenters. The first-order valence-corrected chi connectivity index (χ1v) is 10.6. The van der Waals surface area contributed by atoms with Gasteiger partial charge in [0, 0.05) is 7.11 Å². The summed E-state index contributed by atoms with van der Waals surface area (Å²) in [4.78, 5) is 0. The first-order valence-electron chi connectivity index (χ1n) is 7.14. The highest BCUT2D eigenvalue weighted by Crippen LogP contribution is 2.38. The van der Waals surface area contributed by atoms with E-state index in [-0.39, 0.29) is 5.60 Å². The minimum atomic E-state index is -1.36. The van der Waals surface area contributed by atoms with Crippen molar-refractivity contribution in [2.75, 3.05) is 27.1 Å². The van der Waals surface area contributed by atoms with Crippen molar-refractivity contribution in [2.45, 2.75) is 51.4 Å². The van der Waals surface area contributed by atoms with Gasteiger partial charge in [0.1, 0.15) is 20.5 Å². The minimum Gasteiger partial charge on any atom is -0.382 e. The van der Waals surface area contributed by atoms with Crippen LogP contribution in [0.5, 0.6) is 0 Å². The monoisotopic (exact) mass is 284 g/mol. The maximum absolute atomic E-state index is 6.02. The lowest BCUT2D eigenvalue weighted by atomic mass is 9.93. The molecule has 1 aliphatic rings. The van der Waals surface area contributed by atoms with E-state index in [1.54, 1.807) is 7.11 Å². The molecule has 1 saturated carbocycles. The van der Waals surface area contributed by atoms with Crippen LogP contribution in [0.4, 0.5) is 0 Å². The van der Waals surface area contributed by atoms with Crippen molar-refractivity contribution >= 4 is 8.07 Å². The molecule has 0 unspecified atom stereocenters. The Kier molecular flexibility index (Phi) is 6.55. The topological polar surface area (TPSA) is 27.7 Å². The van der Waals surface area contributed by atoms with Crippen molar-refractivity contribution in [3.63, 3.8) is 0 Å². The fourth-order valence-corrected chi connectivity index (χ4v) is 2.81. The molecule has 0 N–H and O–H groups in total. The smallest absolute Gasteiger partial charge is 0.148 e. The zero-order chi connectivity index (χ0) is 14.4. The third-order valence-electron chi connectivity index (χ3n) is 3.46. The first kappa shape index (κ1) is 16.7. The highest BCUT2D eigenvalue weighted by molar-refractivity contribution is 6.83. The summed E-state index contributed by atoms with van der Waals surface area (Å²) >= 11 is 0. The molecule has 0 saturated heterocycles. The van der Waals surface area contributed by atoms with Gasteiger partial charge in [0.15, 0.2) is 0 Å². The van der Waals surface area contributed by atoms with Crippen LogP contribution < -0.4 is 0 Å². The second-order valence-electron chi connectivity index (χ2n) is 6.35. The van der Waals surface area contributed by atoms with Gasteiger partial charge in [-0.3, -0.25) is 0 Å². The fraction of sp³-hybridized carbons (Fsp3) is 0.867. The molecule has 1 rings (SSSR count). The number of hydrogen-bond donors (Lipinski definition) is 0. The van der Waals surface area contributed by atoms with Gasteiger partial charge in [0.05, 0.1) is 13.2 Å². The molecule has 110 valence electrons. The molecule has 0 aliphatic heterocycles. The first-order chi connectivity index (χ1) is 8.90. The van der Waals surface area contributed by atoms with Crippen LogP contribution in [0.1, 0.15) is 26.2 Å². The summed E-state index contributed by atoms with van der Waals surface area (Å²) in [6.45, 7) is 10.5. The summed E-state index contributed by atoms with van der Waals surface area (Å²) in [5, 5.41) is 0. The maximum atomic E-state index is 6.02. The number of rotatable bonds is 6. The van der Waals surface area contributed by atoms with Crippen molar-refractivity contribution in [2.24, 2.45) is 5.92 Å². The van der Waals surface area contributed by atoms with Crippen LogP contribution in [0, 0.1) is 17.4 Å². The molecule has 3 nitrogen and oxygen atoms in total. The van der Waals surface area contributed by atoms with E-state index < -0.39 is 8.07 Å². The van der Waals surface area contributed by atoms with Gasteiger partial charge < -0.3 is 14.2 Å². The van der Waals surface area contributed by atoms with Gasteiger partial charge in [-0.25, -0.2) is 0 Å². The van der Waals surface area contributed by atoms with Crippen molar-refractivity contribution in [3.8, 4) is 11.5 Å². The van der Waals surface area contributed by atoms with E-state index in [9.17, 15) is 0 Å². The summed E-state index contributed by atoms with van der Waals surface area (Å²) in [7, 11) is 0.307. The van der Waals surface area contributed by atoms with Gasteiger partial charge in [-0.05, 0) is 25.2 Å². The van der Waals surface area contributed by atoms with Gasteiger partial charge in [0.25, 0.3) is 0 Å². The second kappa shape index (κ2) is 7.44. The van der Waals surface area contributed by atoms with Crippen molar-refractivity contribution < 1.29 is 14.2 Å². The largest absolute Gasteiger partial charge is 0.382 e. The third-order valence-corrected chi connectivity index (χ3v) is 4.34. The highest BCUT2D eigenvalue weighted by atomic mass is 28.3. The van der Waals surface area contributed by atoms with Crippen LogP contribution in [0.2, 0.25) is 19.6 Å². The van der Waals surface area contributed by atoms with E-state index >= 15 is 0 Å². The van der Waals surface area contributed by atoms with Gasteiger partial charge >= 0.3 is 0 Å². The lowest BCUT2D eigenvalue weighted by Gasteiger charge is -2.29. The van der Waals surface area contributed by atoms with Crippen molar-refractivity contribution in [3.05, 3.63) is 0 Å². The predicted molar refractivity (Wildman–Crippen MR) is 80.6 cm³/mol. The summed E-state index contributed by atoms with van der Waals surface area (Å²) < 4.78 is 16.4. The second-order valence-corrected chi connectivity index (χ2v) is 11.1. The fourth-order valence-electron chi connectivity index (χ4n) is 2.23. The van der Waals surface area contributed by atoms with Crippen LogP contribution >= 0.6 is 0 Å². The average molecular weight is 284 g/mol. The van der Waals surface area contributed by atoms with Gasteiger partial charge in [-0.2, -0.15) is 0 Å². The van der Waals surface area contributed by atoms with Gasteiger partial charge in [-0.15, -0.1) is 5.54 Å². The van der Waals surface area contributed by atoms with Crippen LogP contribution in [0.15, 0.2) is 0 Å². The van der Waals surface area contributed by atoms with E-state index in [4.69, 9.17) is 14.2 Å². The molecule has 0 aromatic carbocycles. The molecule has 1 fully saturated rings. The zero-order valence-electron chi connectivity index (χ0n) is 13.0. The summed E-state index contributed by atoms with van der Waals surface area (Å²) in [5.41, 5.74) is 3.19. The highest BCUT2D eigenvalue weighted by Gasteiger charge is 2.40. The molecule has 0 bridgehead atoms. The molecule has 0 heterocycles. The molecule has 0 aromatic heterocycles. The quantitative estimate of drug-likeness (QED) is 0.325. The third kappa shape index (κ3) is 5.66. The molecule has 1 aliphatic carbocycles. The lowest BCUT2D eigenvalue weighted by molar-refractivity contribution is -0.133. The minimum absolute atomic E-state index is 0.284. The Morgan fingerprint density at radius 3 is 2.53 bits per heavy atom. The standard InChI is InChI=1S/C15H28O3Si/c1-14-7-6-8-15(14,9-12-19(3,4)5)18-13-17-11-10-16-2/h14H,6-8,10-11,13H2,1-5H3/t14-,15+/m1/s1. The molecule has 4 heteroatoms. The SMILES string of the molecule is COCCOCO[C@]1(C#C[Si](C)(C)C)CCC[C@H]1C.